The van der Waals surface area contributed by atoms with E-state index < -0.39 is 13.2 Å². The lowest BCUT2D eigenvalue weighted by Gasteiger charge is -2.31. The highest BCUT2D eigenvalue weighted by Gasteiger charge is 2.51. The Labute approximate surface area is 168 Å². The fourth-order valence-electron chi connectivity index (χ4n) is 3.59. The molecule has 2 nitrogen and oxygen atoms in total. The van der Waals surface area contributed by atoms with Gasteiger partial charge in [-0.1, -0.05) is 61.2 Å². The molecule has 0 amide bonds. The van der Waals surface area contributed by atoms with Crippen molar-refractivity contribution in [3.8, 4) is 0 Å². The maximum atomic E-state index is 12.7. The first-order valence-corrected chi connectivity index (χ1v) is 11.3. The van der Waals surface area contributed by atoms with Gasteiger partial charge in [-0.3, -0.25) is 4.79 Å². The quantitative estimate of drug-likeness (QED) is 0.433. The number of carbonyl (C=O) groups is 1. The normalized spacial score (nSPS) is 12.2. The van der Waals surface area contributed by atoms with Crippen LogP contribution in [-0.2, 0) is 9.53 Å². The minimum Gasteiger partial charge on any atom is -0.465 e. The van der Waals surface area contributed by atoms with Gasteiger partial charge >= 0.3 is 5.97 Å². The third-order valence-electron chi connectivity index (χ3n) is 5.00. The number of benzene rings is 3. The summed E-state index contributed by atoms with van der Waals surface area (Å²) in [5.41, 5.74) is 0. The molecule has 0 aliphatic carbocycles. The summed E-state index contributed by atoms with van der Waals surface area (Å²) >= 11 is 0. The number of esters is 1. The summed E-state index contributed by atoms with van der Waals surface area (Å²) in [6.07, 6.45) is 0. The average molecular weight is 389 g/mol. The molecule has 0 fully saturated rings. The molecule has 1 atom stereocenters. The molecule has 0 bridgehead atoms. The third-order valence-corrected chi connectivity index (χ3v) is 9.47. The number of ether oxygens (including phenoxy) is 1. The Morgan fingerprint density at radius 2 is 1.18 bits per heavy atom. The van der Waals surface area contributed by atoms with Crippen LogP contribution < -0.4 is 15.9 Å². The fourth-order valence-corrected chi connectivity index (χ4v) is 8.03. The summed E-state index contributed by atoms with van der Waals surface area (Å²) in [6.45, 7) is 8.61. The van der Waals surface area contributed by atoms with Crippen LogP contribution in [-0.4, -0.2) is 12.6 Å². The van der Waals surface area contributed by atoms with E-state index in [9.17, 15) is 4.79 Å². The van der Waals surface area contributed by atoms with Crippen LogP contribution in [0, 0.1) is 5.92 Å². The number of hydrogen-bond donors (Lipinski definition) is 0. The van der Waals surface area contributed by atoms with Gasteiger partial charge in [-0.25, -0.2) is 0 Å². The van der Waals surface area contributed by atoms with Crippen molar-refractivity contribution >= 4 is 29.1 Å². The second-order valence-electron chi connectivity index (χ2n) is 6.64. The van der Waals surface area contributed by atoms with Crippen LogP contribution in [0.4, 0.5) is 0 Å². The van der Waals surface area contributed by atoms with Crippen molar-refractivity contribution in [2.24, 2.45) is 5.92 Å². The Morgan fingerprint density at radius 3 is 1.50 bits per heavy atom. The van der Waals surface area contributed by atoms with Crippen molar-refractivity contribution in [1.82, 2.24) is 0 Å². The Hall–Kier alpha value is -2.70. The summed E-state index contributed by atoms with van der Waals surface area (Å²) in [6, 6.07) is 31.3. The van der Waals surface area contributed by atoms with Crippen LogP contribution in [0.2, 0.25) is 0 Å². The maximum absolute atomic E-state index is 12.7. The van der Waals surface area contributed by atoms with Gasteiger partial charge < -0.3 is 4.74 Å². The van der Waals surface area contributed by atoms with E-state index >= 15 is 0 Å². The lowest BCUT2D eigenvalue weighted by Crippen LogP contribution is -2.35. The molecule has 1 unspecified atom stereocenters. The Kier molecular flexibility index (Phi) is 6.44. The average Bonchev–Trinajstić information content (AvgIpc) is 2.76. The van der Waals surface area contributed by atoms with Crippen LogP contribution in [0.25, 0.3) is 0 Å². The second-order valence-corrected chi connectivity index (χ2v) is 10.1. The summed E-state index contributed by atoms with van der Waals surface area (Å²) in [7, 11) is -2.27. The Balaban J connectivity index is 2.31. The van der Waals surface area contributed by atoms with Crippen LogP contribution in [0.15, 0.2) is 103 Å². The molecule has 0 radical (unpaired) electrons. The third kappa shape index (κ3) is 3.66. The number of carbonyl (C=O) groups excluding carboxylic acids is 1. The first-order valence-electron chi connectivity index (χ1n) is 9.54. The molecule has 0 aliphatic heterocycles. The van der Waals surface area contributed by atoms with Crippen LogP contribution in [0.1, 0.15) is 13.8 Å². The van der Waals surface area contributed by atoms with Crippen molar-refractivity contribution in [1.29, 1.82) is 0 Å². The molecule has 0 spiro atoms. The zero-order valence-electron chi connectivity index (χ0n) is 16.4. The molecule has 3 aromatic rings. The molecule has 0 N–H and O–H groups in total. The monoisotopic (exact) mass is 389 g/mol. The van der Waals surface area contributed by atoms with Crippen molar-refractivity contribution < 1.29 is 9.53 Å². The standard InChI is InChI=1S/C25H26O2P/c1-4-27-25(26)20(2)21(3)28(22-14-8-5-9-15-22,23-16-10-6-11-17-23)24-18-12-7-13-19-24/h5-20H,3-4H2,1-2H3/q+1. The molecule has 28 heavy (non-hydrogen) atoms. The van der Waals surface area contributed by atoms with Crippen molar-refractivity contribution in [2.45, 2.75) is 13.8 Å². The van der Waals surface area contributed by atoms with E-state index in [4.69, 9.17) is 4.74 Å². The van der Waals surface area contributed by atoms with Gasteiger partial charge in [-0.05, 0) is 50.2 Å². The first kappa shape index (κ1) is 20.0. The van der Waals surface area contributed by atoms with Crippen LogP contribution in [0.5, 0.6) is 0 Å². The van der Waals surface area contributed by atoms with E-state index in [0.717, 1.165) is 5.31 Å². The molecule has 3 rings (SSSR count). The van der Waals surface area contributed by atoms with Crippen molar-refractivity contribution in [2.75, 3.05) is 6.61 Å². The molecule has 0 aliphatic rings. The van der Waals surface area contributed by atoms with Crippen molar-refractivity contribution in [3.63, 3.8) is 0 Å². The lowest BCUT2D eigenvalue weighted by atomic mass is 10.2. The molecule has 3 heteroatoms. The van der Waals surface area contributed by atoms with E-state index in [2.05, 4.69) is 79.4 Å². The smallest absolute Gasteiger partial charge is 0.316 e. The maximum Gasteiger partial charge on any atom is 0.316 e. The van der Waals surface area contributed by atoms with Gasteiger partial charge in [0.2, 0.25) is 0 Å². The molecule has 0 heterocycles. The minimum atomic E-state index is -2.27. The summed E-state index contributed by atoms with van der Waals surface area (Å²) in [4.78, 5) is 12.7. The topological polar surface area (TPSA) is 26.3 Å². The van der Waals surface area contributed by atoms with E-state index in [-0.39, 0.29) is 5.97 Å². The highest BCUT2D eigenvalue weighted by Crippen LogP contribution is 2.64. The highest BCUT2D eigenvalue weighted by atomic mass is 31.2. The molecule has 3 aromatic carbocycles. The van der Waals surface area contributed by atoms with Gasteiger partial charge in [-0.15, -0.1) is 0 Å². The molecule has 0 aromatic heterocycles. The lowest BCUT2D eigenvalue weighted by molar-refractivity contribution is -0.145. The highest BCUT2D eigenvalue weighted by molar-refractivity contribution is 7.99. The summed E-state index contributed by atoms with van der Waals surface area (Å²) < 4.78 is 5.35. The summed E-state index contributed by atoms with van der Waals surface area (Å²) in [5, 5.41) is 4.48. The largest absolute Gasteiger partial charge is 0.465 e. The zero-order valence-corrected chi connectivity index (χ0v) is 17.3. The zero-order chi connectivity index (χ0) is 20.0. The minimum absolute atomic E-state index is 0.223. The van der Waals surface area contributed by atoms with Crippen LogP contribution >= 0.6 is 7.26 Å². The van der Waals surface area contributed by atoms with Gasteiger partial charge in [0.25, 0.3) is 0 Å². The molecule has 142 valence electrons. The second kappa shape index (κ2) is 8.99. The van der Waals surface area contributed by atoms with Gasteiger partial charge in [-0.2, -0.15) is 0 Å². The molecular weight excluding hydrogens is 363 g/mol. The van der Waals surface area contributed by atoms with E-state index in [0.29, 0.717) is 6.61 Å². The number of rotatable bonds is 7. The van der Waals surface area contributed by atoms with E-state index in [1.165, 1.54) is 15.9 Å². The van der Waals surface area contributed by atoms with Gasteiger partial charge in [0.1, 0.15) is 29.1 Å². The van der Waals surface area contributed by atoms with E-state index in [1.54, 1.807) is 0 Å². The Morgan fingerprint density at radius 1 is 0.821 bits per heavy atom. The SMILES string of the molecule is C=C(C(C)C(=O)OCC)[P+](c1ccccc1)(c1ccccc1)c1ccccc1. The molecule has 0 saturated heterocycles. The van der Waals surface area contributed by atoms with Gasteiger partial charge in [0.05, 0.1) is 11.9 Å². The number of hydrogen-bond acceptors (Lipinski definition) is 2. The van der Waals surface area contributed by atoms with Crippen molar-refractivity contribution in [3.05, 3.63) is 103 Å². The van der Waals surface area contributed by atoms with Crippen LogP contribution in [0.3, 0.4) is 0 Å². The first-order chi connectivity index (χ1) is 13.6. The van der Waals surface area contributed by atoms with Gasteiger partial charge in [0, 0.05) is 0 Å². The predicted octanol–water partition coefficient (Wildman–Crippen LogP) is 4.69. The molecule has 0 saturated carbocycles. The molecular formula is C25H26O2P+. The van der Waals surface area contributed by atoms with Gasteiger partial charge in [0.15, 0.2) is 0 Å². The fraction of sp³-hybridized carbons (Fsp3) is 0.160. The Bertz CT molecular complexity index is 824. The van der Waals surface area contributed by atoms with E-state index in [1.807, 2.05) is 32.0 Å². The predicted molar refractivity (Wildman–Crippen MR) is 120 cm³/mol. The summed E-state index contributed by atoms with van der Waals surface area (Å²) in [5.74, 6) is -0.631.